The van der Waals surface area contributed by atoms with E-state index in [9.17, 15) is 9.59 Å². The predicted octanol–water partition coefficient (Wildman–Crippen LogP) is 0.563. The summed E-state index contributed by atoms with van der Waals surface area (Å²) in [5, 5.41) is 3.18. The molecule has 6 heteroatoms. The summed E-state index contributed by atoms with van der Waals surface area (Å²) in [6.07, 6.45) is 4.63. The van der Waals surface area contributed by atoms with Crippen LogP contribution in [-0.4, -0.2) is 22.9 Å². The molecule has 2 rings (SSSR count). The Morgan fingerprint density at radius 3 is 2.94 bits per heavy atom. The van der Waals surface area contributed by atoms with Crippen molar-refractivity contribution in [2.75, 3.05) is 12.3 Å². The Hall–Kier alpha value is -1.33. The zero-order valence-electron chi connectivity index (χ0n) is 10.1. The van der Waals surface area contributed by atoms with E-state index in [2.05, 4.69) is 5.32 Å². The third-order valence-corrected chi connectivity index (χ3v) is 3.07. The number of Topliss-reactive ketones (excluding diaryl/α,β-unsaturated/α-hetero) is 1. The van der Waals surface area contributed by atoms with Gasteiger partial charge >= 0.3 is 0 Å². The van der Waals surface area contributed by atoms with Gasteiger partial charge in [0, 0.05) is 6.20 Å². The summed E-state index contributed by atoms with van der Waals surface area (Å²) in [6, 6.07) is 3.11. The highest BCUT2D eigenvalue weighted by atomic mass is 35.5. The van der Waals surface area contributed by atoms with Gasteiger partial charge in [0.2, 0.25) is 0 Å². The van der Waals surface area contributed by atoms with Gasteiger partial charge in [-0.3, -0.25) is 9.59 Å². The first kappa shape index (κ1) is 14.7. The first-order chi connectivity index (χ1) is 8.18. The number of pyridine rings is 1. The summed E-state index contributed by atoms with van der Waals surface area (Å²) in [6.45, 7) is 0.976. The molecule has 1 atom stereocenters. The molecule has 100 valence electrons. The first-order valence-corrected chi connectivity index (χ1v) is 5.89. The minimum atomic E-state index is -0.295. The van der Waals surface area contributed by atoms with Crippen molar-refractivity contribution in [3.05, 3.63) is 28.7 Å². The number of nitrogen functional groups attached to an aromatic ring is 1. The number of rotatable bonds is 3. The Balaban J connectivity index is 0.00000162. The van der Waals surface area contributed by atoms with Gasteiger partial charge in [0.15, 0.2) is 5.78 Å². The van der Waals surface area contributed by atoms with E-state index >= 15 is 0 Å². The third-order valence-electron chi connectivity index (χ3n) is 3.07. The number of nitrogens with zero attached hydrogens (tertiary/aromatic N) is 1. The largest absolute Gasteiger partial charge is 0.394 e. The van der Waals surface area contributed by atoms with Gasteiger partial charge in [-0.05, 0) is 31.5 Å². The van der Waals surface area contributed by atoms with Gasteiger partial charge in [-0.25, -0.2) is 0 Å². The molecule has 1 saturated heterocycles. The van der Waals surface area contributed by atoms with Crippen LogP contribution in [0.4, 0.5) is 5.69 Å². The second-order valence-corrected chi connectivity index (χ2v) is 4.37. The second kappa shape index (κ2) is 6.56. The van der Waals surface area contributed by atoms with E-state index in [1.54, 1.807) is 18.3 Å². The lowest BCUT2D eigenvalue weighted by molar-refractivity contribution is -0.122. The highest BCUT2D eigenvalue weighted by Gasteiger charge is 2.20. The molecule has 5 nitrogen and oxygen atoms in total. The minimum Gasteiger partial charge on any atom is -0.394 e. The monoisotopic (exact) mass is 271 g/mol. The molecule has 0 bridgehead atoms. The van der Waals surface area contributed by atoms with Crippen molar-refractivity contribution in [3.63, 3.8) is 0 Å². The summed E-state index contributed by atoms with van der Waals surface area (Å²) in [4.78, 5) is 23.6. The summed E-state index contributed by atoms with van der Waals surface area (Å²) in [5.41, 5.74) is 5.40. The van der Waals surface area contributed by atoms with Crippen LogP contribution in [0, 0.1) is 0 Å². The molecule has 0 saturated carbocycles. The van der Waals surface area contributed by atoms with Gasteiger partial charge in [0.05, 0.1) is 18.3 Å². The number of ketones is 1. The number of hydrogen-bond donors (Lipinski definition) is 2. The van der Waals surface area contributed by atoms with Gasteiger partial charge in [-0.15, -0.1) is 12.4 Å². The van der Waals surface area contributed by atoms with Crippen molar-refractivity contribution < 1.29 is 4.79 Å². The maximum atomic E-state index is 12.0. The molecule has 2 heterocycles. The number of halogens is 1. The number of carbonyl (C=O) groups excluding carboxylic acids is 1. The molecule has 3 N–H and O–H groups in total. The van der Waals surface area contributed by atoms with Crippen LogP contribution in [0.3, 0.4) is 0 Å². The molecule has 1 aliphatic rings. The van der Waals surface area contributed by atoms with Gasteiger partial charge in [0.25, 0.3) is 5.56 Å². The van der Waals surface area contributed by atoms with Crippen LogP contribution in [0.15, 0.2) is 23.1 Å². The van der Waals surface area contributed by atoms with Crippen LogP contribution in [0.25, 0.3) is 0 Å². The molecule has 1 aromatic rings. The van der Waals surface area contributed by atoms with Crippen molar-refractivity contribution >= 4 is 23.9 Å². The molecule has 0 aliphatic carbocycles. The Morgan fingerprint density at radius 1 is 1.50 bits per heavy atom. The Labute approximate surface area is 112 Å². The standard InChI is InChI=1S/C12H17N3O2.ClH/c13-9-4-3-7-15(12(9)17)8-11(16)10-5-1-2-6-14-10;/h3-4,7,10,14H,1-2,5-6,8,13H2;1H. The lowest BCUT2D eigenvalue weighted by Gasteiger charge is -2.22. The molecule has 0 spiro atoms. The van der Waals surface area contributed by atoms with Crippen LogP contribution in [-0.2, 0) is 11.3 Å². The van der Waals surface area contributed by atoms with E-state index in [0.29, 0.717) is 0 Å². The minimum absolute atomic E-state index is 0. The van der Waals surface area contributed by atoms with Crippen molar-refractivity contribution in [2.45, 2.75) is 31.8 Å². The van der Waals surface area contributed by atoms with Gasteiger partial charge in [-0.1, -0.05) is 6.42 Å². The Kier molecular flexibility index (Phi) is 5.37. The van der Waals surface area contributed by atoms with E-state index in [-0.39, 0.29) is 42.0 Å². The molecule has 0 aromatic carbocycles. The zero-order valence-corrected chi connectivity index (χ0v) is 10.9. The second-order valence-electron chi connectivity index (χ2n) is 4.37. The molecule has 18 heavy (non-hydrogen) atoms. The highest BCUT2D eigenvalue weighted by Crippen LogP contribution is 2.08. The maximum Gasteiger partial charge on any atom is 0.274 e. The molecule has 1 aliphatic heterocycles. The zero-order chi connectivity index (χ0) is 12.3. The SMILES string of the molecule is Cl.Nc1cccn(CC(=O)C2CCCCN2)c1=O. The fourth-order valence-electron chi connectivity index (χ4n) is 2.08. The van der Waals surface area contributed by atoms with E-state index in [4.69, 9.17) is 5.73 Å². The van der Waals surface area contributed by atoms with Crippen LogP contribution >= 0.6 is 12.4 Å². The smallest absolute Gasteiger partial charge is 0.274 e. The Bertz CT molecular complexity index is 467. The van der Waals surface area contributed by atoms with Crippen molar-refractivity contribution in [2.24, 2.45) is 0 Å². The molecule has 0 amide bonds. The van der Waals surface area contributed by atoms with Gasteiger partial charge in [-0.2, -0.15) is 0 Å². The molecule has 1 unspecified atom stereocenters. The average Bonchev–Trinajstić information content (AvgIpc) is 2.36. The summed E-state index contributed by atoms with van der Waals surface area (Å²) >= 11 is 0. The van der Waals surface area contributed by atoms with Crippen LogP contribution < -0.4 is 16.6 Å². The Morgan fingerprint density at radius 2 is 2.28 bits per heavy atom. The summed E-state index contributed by atoms with van der Waals surface area (Å²) in [5.74, 6) is 0.0531. The molecular weight excluding hydrogens is 254 g/mol. The fraction of sp³-hybridized carbons (Fsp3) is 0.500. The quantitative estimate of drug-likeness (QED) is 0.842. The van der Waals surface area contributed by atoms with Crippen LogP contribution in [0.1, 0.15) is 19.3 Å². The van der Waals surface area contributed by atoms with Gasteiger partial charge < -0.3 is 15.6 Å². The van der Waals surface area contributed by atoms with E-state index in [1.807, 2.05) is 0 Å². The van der Waals surface area contributed by atoms with Crippen molar-refractivity contribution in [1.29, 1.82) is 0 Å². The maximum absolute atomic E-state index is 12.0. The number of anilines is 1. The van der Waals surface area contributed by atoms with Crippen LogP contribution in [0.5, 0.6) is 0 Å². The molecular formula is C12H18ClN3O2. The first-order valence-electron chi connectivity index (χ1n) is 5.89. The highest BCUT2D eigenvalue weighted by molar-refractivity contribution is 5.85. The summed E-state index contributed by atoms with van der Waals surface area (Å²) in [7, 11) is 0. The average molecular weight is 272 g/mol. The lowest BCUT2D eigenvalue weighted by Crippen LogP contribution is -2.43. The summed E-state index contributed by atoms with van der Waals surface area (Å²) < 4.78 is 1.37. The number of nitrogens with two attached hydrogens (primary N) is 1. The normalized spacial score (nSPS) is 19.0. The van der Waals surface area contributed by atoms with Crippen molar-refractivity contribution in [1.82, 2.24) is 9.88 Å². The number of aromatic nitrogens is 1. The third kappa shape index (κ3) is 3.34. The number of carbonyl (C=O) groups is 1. The van der Waals surface area contributed by atoms with E-state index in [1.165, 1.54) is 4.57 Å². The number of hydrogen-bond acceptors (Lipinski definition) is 4. The van der Waals surface area contributed by atoms with E-state index < -0.39 is 0 Å². The molecule has 1 fully saturated rings. The lowest BCUT2D eigenvalue weighted by atomic mass is 10.0. The fourth-order valence-corrected chi connectivity index (χ4v) is 2.08. The van der Waals surface area contributed by atoms with Crippen LogP contribution in [0.2, 0.25) is 0 Å². The topological polar surface area (TPSA) is 77.1 Å². The van der Waals surface area contributed by atoms with Crippen molar-refractivity contribution in [3.8, 4) is 0 Å². The van der Waals surface area contributed by atoms with Gasteiger partial charge in [0.1, 0.15) is 0 Å². The predicted molar refractivity (Wildman–Crippen MR) is 73.0 cm³/mol. The number of piperidine rings is 1. The number of nitrogens with one attached hydrogen (secondary N) is 1. The van der Waals surface area contributed by atoms with E-state index in [0.717, 1.165) is 25.8 Å². The molecule has 0 radical (unpaired) electrons. The molecule has 1 aromatic heterocycles.